The van der Waals surface area contributed by atoms with Crippen molar-refractivity contribution in [3.63, 3.8) is 0 Å². The van der Waals surface area contributed by atoms with Crippen molar-refractivity contribution in [3.05, 3.63) is 35.9 Å². The van der Waals surface area contributed by atoms with Crippen molar-refractivity contribution in [2.24, 2.45) is 5.92 Å². The number of nitrogens with one attached hydrogen (secondary N) is 1. The molecule has 0 heterocycles. The van der Waals surface area contributed by atoms with Crippen molar-refractivity contribution in [2.75, 3.05) is 20.2 Å². The second-order valence-corrected chi connectivity index (χ2v) is 6.06. The van der Waals surface area contributed by atoms with Gasteiger partial charge in [-0.2, -0.15) is 0 Å². The van der Waals surface area contributed by atoms with E-state index in [0.717, 1.165) is 32.2 Å². The van der Waals surface area contributed by atoms with Crippen molar-refractivity contribution in [1.29, 1.82) is 0 Å². The highest BCUT2D eigenvalue weighted by Gasteiger charge is 2.25. The molecule has 1 amide bonds. The van der Waals surface area contributed by atoms with Gasteiger partial charge in [-0.3, -0.25) is 9.69 Å². The van der Waals surface area contributed by atoms with Crippen LogP contribution in [0.15, 0.2) is 30.3 Å². The molecule has 0 saturated heterocycles. The second-order valence-electron chi connectivity index (χ2n) is 6.06. The molecular weight excluding hydrogens is 264 g/mol. The molecular formula is C17H26N2O2. The molecule has 2 unspecified atom stereocenters. The highest BCUT2D eigenvalue weighted by molar-refractivity contribution is 5.78. The molecule has 4 heteroatoms. The van der Waals surface area contributed by atoms with Crippen molar-refractivity contribution in [1.82, 2.24) is 10.2 Å². The molecule has 1 saturated carbocycles. The molecule has 1 aromatic carbocycles. The Bertz CT molecular complexity index is 436. The molecule has 21 heavy (non-hydrogen) atoms. The summed E-state index contributed by atoms with van der Waals surface area (Å²) in [6.45, 7) is 1.33. The van der Waals surface area contributed by atoms with Crippen LogP contribution in [0.2, 0.25) is 0 Å². The lowest BCUT2D eigenvalue weighted by Crippen LogP contribution is -2.46. The highest BCUT2D eigenvalue weighted by atomic mass is 16.3. The standard InChI is InChI=1S/C17H26N2O2/c1-19(11-14-7-3-2-4-8-14)12-17(21)18-16-10-6-5-9-15(16)13-20/h2-4,7-8,15-16,20H,5-6,9-13H2,1H3,(H,18,21). The van der Waals surface area contributed by atoms with Gasteiger partial charge in [-0.15, -0.1) is 0 Å². The van der Waals surface area contributed by atoms with Gasteiger partial charge < -0.3 is 10.4 Å². The van der Waals surface area contributed by atoms with Crippen LogP contribution in [0.3, 0.4) is 0 Å². The van der Waals surface area contributed by atoms with Gasteiger partial charge in [-0.25, -0.2) is 0 Å². The number of carbonyl (C=O) groups is 1. The number of aliphatic hydroxyl groups is 1. The van der Waals surface area contributed by atoms with E-state index in [1.54, 1.807) is 0 Å². The number of amides is 1. The lowest BCUT2D eigenvalue weighted by molar-refractivity contribution is -0.123. The predicted molar refractivity (Wildman–Crippen MR) is 83.8 cm³/mol. The number of rotatable bonds is 6. The SMILES string of the molecule is CN(CC(=O)NC1CCCCC1CO)Cc1ccccc1. The van der Waals surface area contributed by atoms with E-state index in [1.807, 2.05) is 30.1 Å². The Morgan fingerprint density at radius 3 is 2.71 bits per heavy atom. The molecule has 0 aromatic heterocycles. The van der Waals surface area contributed by atoms with Gasteiger partial charge in [-0.1, -0.05) is 43.2 Å². The molecule has 116 valence electrons. The molecule has 4 nitrogen and oxygen atoms in total. The van der Waals surface area contributed by atoms with E-state index in [4.69, 9.17) is 0 Å². The van der Waals surface area contributed by atoms with Crippen LogP contribution in [0.1, 0.15) is 31.2 Å². The summed E-state index contributed by atoms with van der Waals surface area (Å²) < 4.78 is 0. The van der Waals surface area contributed by atoms with E-state index in [-0.39, 0.29) is 24.5 Å². The van der Waals surface area contributed by atoms with Crippen LogP contribution in [-0.4, -0.2) is 42.2 Å². The molecule has 2 atom stereocenters. The first-order valence-electron chi connectivity index (χ1n) is 7.81. The minimum absolute atomic E-state index is 0.0544. The second kappa shape index (κ2) is 8.15. The van der Waals surface area contributed by atoms with Crippen LogP contribution in [-0.2, 0) is 11.3 Å². The normalized spacial score (nSPS) is 22.2. The Labute approximate surface area is 127 Å². The predicted octanol–water partition coefficient (Wildman–Crippen LogP) is 1.79. The average Bonchev–Trinajstić information content (AvgIpc) is 2.48. The van der Waals surface area contributed by atoms with Crippen molar-refractivity contribution < 1.29 is 9.90 Å². The van der Waals surface area contributed by atoms with Gasteiger partial charge in [0.05, 0.1) is 6.54 Å². The van der Waals surface area contributed by atoms with E-state index in [2.05, 4.69) is 17.4 Å². The Morgan fingerprint density at radius 1 is 1.29 bits per heavy atom. The molecule has 1 fully saturated rings. The fourth-order valence-corrected chi connectivity index (χ4v) is 3.06. The maximum absolute atomic E-state index is 12.1. The van der Waals surface area contributed by atoms with Crippen LogP contribution in [0, 0.1) is 5.92 Å². The smallest absolute Gasteiger partial charge is 0.234 e. The number of likely N-dealkylation sites (N-methyl/N-ethyl adjacent to an activating group) is 1. The summed E-state index contributed by atoms with van der Waals surface area (Å²) in [7, 11) is 1.96. The molecule has 2 rings (SSSR count). The van der Waals surface area contributed by atoms with Gasteiger partial charge >= 0.3 is 0 Å². The zero-order valence-corrected chi connectivity index (χ0v) is 12.8. The van der Waals surface area contributed by atoms with E-state index in [1.165, 1.54) is 5.56 Å². The van der Waals surface area contributed by atoms with Gasteiger partial charge in [0.2, 0.25) is 5.91 Å². The lowest BCUT2D eigenvalue weighted by atomic mass is 9.85. The molecule has 1 aliphatic rings. The first-order chi connectivity index (χ1) is 10.2. The molecule has 1 aliphatic carbocycles. The fourth-order valence-electron chi connectivity index (χ4n) is 3.06. The number of carbonyl (C=O) groups excluding carboxylic acids is 1. The molecule has 1 aromatic rings. The van der Waals surface area contributed by atoms with Gasteiger partial charge in [0.1, 0.15) is 0 Å². The monoisotopic (exact) mass is 290 g/mol. The summed E-state index contributed by atoms with van der Waals surface area (Å²) in [6, 6.07) is 10.3. The lowest BCUT2D eigenvalue weighted by Gasteiger charge is -2.31. The van der Waals surface area contributed by atoms with E-state index in [0.29, 0.717) is 6.54 Å². The third kappa shape index (κ3) is 5.14. The number of benzene rings is 1. The molecule has 2 N–H and O–H groups in total. The maximum Gasteiger partial charge on any atom is 0.234 e. The largest absolute Gasteiger partial charge is 0.396 e. The third-order valence-corrected chi connectivity index (χ3v) is 4.20. The van der Waals surface area contributed by atoms with Crippen LogP contribution >= 0.6 is 0 Å². The summed E-state index contributed by atoms with van der Waals surface area (Å²) in [5.41, 5.74) is 1.21. The van der Waals surface area contributed by atoms with Gasteiger partial charge in [-0.05, 0) is 25.5 Å². The summed E-state index contributed by atoms with van der Waals surface area (Å²) in [5, 5.41) is 12.5. The first kappa shape index (κ1) is 16.0. The zero-order chi connectivity index (χ0) is 15.1. The highest BCUT2D eigenvalue weighted by Crippen LogP contribution is 2.23. The minimum Gasteiger partial charge on any atom is -0.396 e. The first-order valence-corrected chi connectivity index (χ1v) is 7.81. The average molecular weight is 290 g/mol. The van der Waals surface area contributed by atoms with Crippen LogP contribution in [0.25, 0.3) is 0 Å². The van der Waals surface area contributed by atoms with E-state index < -0.39 is 0 Å². The van der Waals surface area contributed by atoms with Gasteiger partial charge in [0.15, 0.2) is 0 Å². The summed E-state index contributed by atoms with van der Waals surface area (Å²) in [5.74, 6) is 0.279. The van der Waals surface area contributed by atoms with Crippen LogP contribution in [0.5, 0.6) is 0 Å². The number of aliphatic hydroxyl groups excluding tert-OH is 1. The molecule has 0 radical (unpaired) electrons. The number of nitrogens with zero attached hydrogens (tertiary/aromatic N) is 1. The minimum atomic E-state index is 0.0544. The van der Waals surface area contributed by atoms with Gasteiger partial charge in [0, 0.05) is 25.1 Å². The fraction of sp³-hybridized carbons (Fsp3) is 0.588. The summed E-state index contributed by atoms with van der Waals surface area (Å²) in [4.78, 5) is 14.2. The molecule has 0 spiro atoms. The molecule has 0 bridgehead atoms. The van der Waals surface area contributed by atoms with Crippen LogP contribution < -0.4 is 5.32 Å². The quantitative estimate of drug-likeness (QED) is 0.840. The Morgan fingerprint density at radius 2 is 2.00 bits per heavy atom. The van der Waals surface area contributed by atoms with Crippen molar-refractivity contribution in [2.45, 2.75) is 38.3 Å². The Kier molecular flexibility index (Phi) is 6.21. The number of hydrogen-bond acceptors (Lipinski definition) is 3. The summed E-state index contributed by atoms with van der Waals surface area (Å²) >= 11 is 0. The van der Waals surface area contributed by atoms with Gasteiger partial charge in [0.25, 0.3) is 0 Å². The van der Waals surface area contributed by atoms with Crippen LogP contribution in [0.4, 0.5) is 0 Å². The van der Waals surface area contributed by atoms with E-state index in [9.17, 15) is 9.90 Å². The Hall–Kier alpha value is -1.39. The molecule has 0 aliphatic heterocycles. The summed E-state index contributed by atoms with van der Waals surface area (Å²) in [6.07, 6.45) is 4.30. The topological polar surface area (TPSA) is 52.6 Å². The maximum atomic E-state index is 12.1. The van der Waals surface area contributed by atoms with Crippen molar-refractivity contribution >= 4 is 5.91 Å². The van der Waals surface area contributed by atoms with Crippen molar-refractivity contribution in [3.8, 4) is 0 Å². The number of hydrogen-bond donors (Lipinski definition) is 2. The third-order valence-electron chi connectivity index (χ3n) is 4.20. The van der Waals surface area contributed by atoms with E-state index >= 15 is 0 Å². The zero-order valence-electron chi connectivity index (χ0n) is 12.8. The Balaban J connectivity index is 1.78.